The molecule has 1 rings (SSSR count). The molecule has 0 saturated carbocycles. The number of ether oxygens (including phenoxy) is 2. The summed E-state index contributed by atoms with van der Waals surface area (Å²) in [5, 5.41) is 11.1. The van der Waals surface area contributed by atoms with Crippen LogP contribution in [-0.2, 0) is 9.47 Å². The van der Waals surface area contributed by atoms with Gasteiger partial charge in [0.15, 0.2) is 0 Å². The quantitative estimate of drug-likeness (QED) is 0.581. The van der Waals surface area contributed by atoms with Gasteiger partial charge in [0.2, 0.25) is 0 Å². The van der Waals surface area contributed by atoms with E-state index in [0.29, 0.717) is 30.6 Å². The van der Waals surface area contributed by atoms with Crippen LogP contribution in [-0.4, -0.2) is 48.9 Å². The largest absolute Gasteiger partial charge is 0.390 e. The van der Waals surface area contributed by atoms with E-state index in [0.717, 1.165) is 5.03 Å². The summed E-state index contributed by atoms with van der Waals surface area (Å²) in [6.45, 7) is 1.35. The molecule has 0 aliphatic heterocycles. The molecule has 0 aliphatic carbocycles. The zero-order chi connectivity index (χ0) is 12.5. The van der Waals surface area contributed by atoms with Gasteiger partial charge in [-0.1, -0.05) is 11.6 Å². The molecule has 4 nitrogen and oxygen atoms in total. The van der Waals surface area contributed by atoms with Crippen molar-refractivity contribution in [1.29, 1.82) is 0 Å². The summed E-state index contributed by atoms with van der Waals surface area (Å²) in [6.07, 6.45) is 1.08. The standard InChI is InChI=1S/C11H16ClNO3S/c1-15-4-5-16-7-10(14)8-17-11-3-2-9(12)6-13-11/h2-3,6,10,14H,4-5,7-8H2,1H3. The van der Waals surface area contributed by atoms with E-state index in [9.17, 15) is 5.11 Å². The highest BCUT2D eigenvalue weighted by molar-refractivity contribution is 7.99. The number of rotatable bonds is 8. The number of methoxy groups -OCH3 is 1. The van der Waals surface area contributed by atoms with Gasteiger partial charge in [0.05, 0.1) is 36.0 Å². The van der Waals surface area contributed by atoms with Crippen molar-refractivity contribution in [2.45, 2.75) is 11.1 Å². The number of aliphatic hydroxyl groups excluding tert-OH is 1. The van der Waals surface area contributed by atoms with Crippen molar-refractivity contribution in [2.24, 2.45) is 0 Å². The molecule has 1 aromatic heterocycles. The number of nitrogens with zero attached hydrogens (tertiary/aromatic N) is 1. The lowest BCUT2D eigenvalue weighted by Crippen LogP contribution is -2.19. The molecule has 6 heteroatoms. The fraction of sp³-hybridized carbons (Fsp3) is 0.545. The number of halogens is 1. The molecular weight excluding hydrogens is 262 g/mol. The van der Waals surface area contributed by atoms with E-state index >= 15 is 0 Å². The van der Waals surface area contributed by atoms with Gasteiger partial charge < -0.3 is 14.6 Å². The Kier molecular flexibility index (Phi) is 7.55. The van der Waals surface area contributed by atoms with Crippen molar-refractivity contribution in [3.63, 3.8) is 0 Å². The van der Waals surface area contributed by atoms with Gasteiger partial charge in [-0.2, -0.15) is 0 Å². The predicted molar refractivity (Wildman–Crippen MR) is 68.7 cm³/mol. The monoisotopic (exact) mass is 277 g/mol. The Bertz CT molecular complexity index is 310. The van der Waals surface area contributed by atoms with Gasteiger partial charge >= 0.3 is 0 Å². The third kappa shape index (κ3) is 6.85. The van der Waals surface area contributed by atoms with E-state index in [1.54, 1.807) is 19.4 Å². The Labute approximate surface area is 110 Å². The summed E-state index contributed by atoms with van der Waals surface area (Å²) >= 11 is 7.19. The molecule has 1 atom stereocenters. The van der Waals surface area contributed by atoms with E-state index < -0.39 is 6.10 Å². The van der Waals surface area contributed by atoms with Gasteiger partial charge in [0.1, 0.15) is 0 Å². The van der Waals surface area contributed by atoms with Gasteiger partial charge in [-0.15, -0.1) is 11.8 Å². The smallest absolute Gasteiger partial charge is 0.0961 e. The SMILES string of the molecule is COCCOCC(O)CSc1ccc(Cl)cn1. The number of hydrogen-bond acceptors (Lipinski definition) is 5. The van der Waals surface area contributed by atoms with E-state index in [1.807, 2.05) is 6.07 Å². The number of pyridine rings is 1. The highest BCUT2D eigenvalue weighted by atomic mass is 35.5. The lowest BCUT2D eigenvalue weighted by molar-refractivity contribution is 0.0218. The van der Waals surface area contributed by atoms with Crippen LogP contribution >= 0.6 is 23.4 Å². The molecule has 0 spiro atoms. The molecule has 0 aliphatic rings. The number of hydrogen-bond donors (Lipinski definition) is 1. The topological polar surface area (TPSA) is 51.6 Å². The lowest BCUT2D eigenvalue weighted by Gasteiger charge is -2.10. The van der Waals surface area contributed by atoms with Gasteiger partial charge in [0.25, 0.3) is 0 Å². The van der Waals surface area contributed by atoms with Crippen LogP contribution in [0.1, 0.15) is 0 Å². The second-order valence-electron chi connectivity index (χ2n) is 3.35. The summed E-state index contributed by atoms with van der Waals surface area (Å²) in [5.41, 5.74) is 0. The minimum atomic E-state index is -0.505. The van der Waals surface area contributed by atoms with Crippen LogP contribution in [0.3, 0.4) is 0 Å². The van der Waals surface area contributed by atoms with Crippen LogP contribution < -0.4 is 0 Å². The van der Waals surface area contributed by atoms with Crippen molar-refractivity contribution in [3.8, 4) is 0 Å². The Morgan fingerprint density at radius 2 is 2.29 bits per heavy atom. The molecule has 0 radical (unpaired) electrons. The predicted octanol–water partition coefficient (Wildman–Crippen LogP) is 1.85. The number of aromatic nitrogens is 1. The molecule has 0 bridgehead atoms. The van der Waals surface area contributed by atoms with Crippen molar-refractivity contribution >= 4 is 23.4 Å². The Balaban J connectivity index is 2.14. The molecule has 1 heterocycles. The molecule has 0 amide bonds. The third-order valence-electron chi connectivity index (χ3n) is 1.87. The van der Waals surface area contributed by atoms with Crippen molar-refractivity contribution < 1.29 is 14.6 Å². The molecule has 96 valence electrons. The Morgan fingerprint density at radius 3 is 2.94 bits per heavy atom. The van der Waals surface area contributed by atoms with E-state index in [4.69, 9.17) is 21.1 Å². The highest BCUT2D eigenvalue weighted by Gasteiger charge is 2.06. The first-order chi connectivity index (χ1) is 8.22. The molecule has 1 N–H and O–H groups in total. The number of thioether (sulfide) groups is 1. The molecule has 0 aromatic carbocycles. The van der Waals surface area contributed by atoms with Gasteiger partial charge in [0, 0.05) is 19.1 Å². The van der Waals surface area contributed by atoms with Crippen LogP contribution in [0.15, 0.2) is 23.4 Å². The van der Waals surface area contributed by atoms with E-state index in [2.05, 4.69) is 4.98 Å². The third-order valence-corrected chi connectivity index (χ3v) is 3.18. The van der Waals surface area contributed by atoms with Gasteiger partial charge in [-0.05, 0) is 12.1 Å². The number of aliphatic hydroxyl groups is 1. The van der Waals surface area contributed by atoms with Gasteiger partial charge in [-0.3, -0.25) is 0 Å². The highest BCUT2D eigenvalue weighted by Crippen LogP contribution is 2.17. The first kappa shape index (κ1) is 14.7. The van der Waals surface area contributed by atoms with E-state index in [-0.39, 0.29) is 0 Å². The fourth-order valence-corrected chi connectivity index (χ4v) is 1.90. The Morgan fingerprint density at radius 1 is 1.47 bits per heavy atom. The Hall–Kier alpha value is -0.330. The minimum absolute atomic E-state index is 0.309. The normalized spacial score (nSPS) is 12.6. The molecular formula is C11H16ClNO3S. The molecule has 1 aromatic rings. The first-order valence-electron chi connectivity index (χ1n) is 5.21. The second-order valence-corrected chi connectivity index (χ2v) is 4.82. The first-order valence-corrected chi connectivity index (χ1v) is 6.58. The summed E-state index contributed by atoms with van der Waals surface area (Å²) in [4.78, 5) is 4.12. The maximum absolute atomic E-state index is 9.62. The second kappa shape index (κ2) is 8.72. The van der Waals surface area contributed by atoms with Crippen LogP contribution in [0.25, 0.3) is 0 Å². The van der Waals surface area contributed by atoms with E-state index in [1.165, 1.54) is 11.8 Å². The summed E-state index contributed by atoms with van der Waals surface area (Å²) in [6, 6.07) is 3.60. The molecule has 0 fully saturated rings. The average molecular weight is 278 g/mol. The molecule has 0 saturated heterocycles. The average Bonchev–Trinajstić information content (AvgIpc) is 2.34. The maximum atomic E-state index is 9.62. The van der Waals surface area contributed by atoms with Crippen molar-refractivity contribution in [3.05, 3.63) is 23.4 Å². The summed E-state index contributed by atoms with van der Waals surface area (Å²) in [5.74, 6) is 0.543. The van der Waals surface area contributed by atoms with Crippen LogP contribution in [0.5, 0.6) is 0 Å². The minimum Gasteiger partial charge on any atom is -0.390 e. The van der Waals surface area contributed by atoms with Crippen LogP contribution in [0.4, 0.5) is 0 Å². The van der Waals surface area contributed by atoms with Gasteiger partial charge in [-0.25, -0.2) is 4.98 Å². The zero-order valence-electron chi connectivity index (χ0n) is 9.63. The van der Waals surface area contributed by atoms with Crippen molar-refractivity contribution in [2.75, 3.05) is 32.7 Å². The fourth-order valence-electron chi connectivity index (χ4n) is 1.04. The molecule has 17 heavy (non-hydrogen) atoms. The lowest BCUT2D eigenvalue weighted by atomic mass is 10.4. The van der Waals surface area contributed by atoms with Crippen LogP contribution in [0.2, 0.25) is 5.02 Å². The van der Waals surface area contributed by atoms with Crippen molar-refractivity contribution in [1.82, 2.24) is 4.98 Å². The van der Waals surface area contributed by atoms with Crippen LogP contribution in [0, 0.1) is 0 Å². The molecule has 1 unspecified atom stereocenters. The summed E-state index contributed by atoms with van der Waals surface area (Å²) < 4.78 is 10.0. The zero-order valence-corrected chi connectivity index (χ0v) is 11.2. The maximum Gasteiger partial charge on any atom is 0.0961 e. The summed E-state index contributed by atoms with van der Waals surface area (Å²) in [7, 11) is 1.61.